The quantitative estimate of drug-likeness (QED) is 0.829. The van der Waals surface area contributed by atoms with Gasteiger partial charge >= 0.3 is 0 Å². The van der Waals surface area contributed by atoms with Gasteiger partial charge in [0.1, 0.15) is 11.5 Å². The molecule has 0 saturated carbocycles. The van der Waals surface area contributed by atoms with Crippen molar-refractivity contribution >= 4 is 17.7 Å². The molecule has 1 aliphatic heterocycles. The highest BCUT2D eigenvalue weighted by atomic mass is 19.1. The monoisotopic (exact) mass is 372 g/mol. The molecule has 0 unspecified atom stereocenters. The number of nitrogens with one attached hydrogen (secondary N) is 2. The van der Waals surface area contributed by atoms with Crippen molar-refractivity contribution in [3.05, 3.63) is 59.7 Å². The van der Waals surface area contributed by atoms with E-state index < -0.39 is 5.82 Å². The summed E-state index contributed by atoms with van der Waals surface area (Å²) in [5.74, 6) is -0.889. The maximum absolute atomic E-state index is 12.9. The number of rotatable bonds is 5. The largest absolute Gasteiger partial charge is 0.357 e. The predicted molar refractivity (Wildman–Crippen MR) is 96.6 cm³/mol. The first-order valence-corrected chi connectivity index (χ1v) is 8.79. The first-order chi connectivity index (χ1) is 13.0. The number of carbonyl (C=O) groups excluding carboxylic acids is 3. The van der Waals surface area contributed by atoms with Crippen LogP contribution in [-0.4, -0.2) is 65.2 Å². The Balaban J connectivity index is 1.40. The number of hydrogen-bond acceptors (Lipinski definition) is 3. The number of H-pyrrole nitrogens is 1. The summed E-state index contributed by atoms with van der Waals surface area (Å²) in [4.78, 5) is 42.8. The van der Waals surface area contributed by atoms with Gasteiger partial charge < -0.3 is 20.1 Å². The van der Waals surface area contributed by atoms with Gasteiger partial charge in [-0.3, -0.25) is 14.4 Å². The molecule has 2 aromatic rings. The molecule has 2 heterocycles. The smallest absolute Gasteiger partial charge is 0.270 e. The average molecular weight is 372 g/mol. The van der Waals surface area contributed by atoms with Crippen molar-refractivity contribution in [2.75, 3.05) is 32.7 Å². The standard InChI is InChI=1S/C19H21FN4O3/c20-15-5-3-14(4-6-15)18(26)22-9-7-17(25)23-10-12-24(13-11-23)19(27)16-2-1-8-21-16/h1-6,8,21H,7,9-13H2,(H,22,26). The normalized spacial score (nSPS) is 14.1. The van der Waals surface area contributed by atoms with Crippen LogP contribution in [0.2, 0.25) is 0 Å². The van der Waals surface area contributed by atoms with E-state index in [2.05, 4.69) is 10.3 Å². The fourth-order valence-electron chi connectivity index (χ4n) is 2.94. The third-order valence-corrected chi connectivity index (χ3v) is 4.48. The Hall–Kier alpha value is -3.16. The van der Waals surface area contributed by atoms with Crippen LogP contribution in [0.5, 0.6) is 0 Å². The Morgan fingerprint density at radius 1 is 1.00 bits per heavy atom. The molecule has 0 atom stereocenters. The molecule has 3 rings (SSSR count). The lowest BCUT2D eigenvalue weighted by molar-refractivity contribution is -0.132. The van der Waals surface area contributed by atoms with E-state index in [0.717, 1.165) is 0 Å². The zero-order chi connectivity index (χ0) is 19.2. The minimum Gasteiger partial charge on any atom is -0.357 e. The van der Waals surface area contributed by atoms with Crippen LogP contribution in [0.15, 0.2) is 42.6 Å². The van der Waals surface area contributed by atoms with Gasteiger partial charge in [0.15, 0.2) is 0 Å². The van der Waals surface area contributed by atoms with E-state index in [-0.39, 0.29) is 30.7 Å². The average Bonchev–Trinajstić information content (AvgIpc) is 3.22. The van der Waals surface area contributed by atoms with E-state index in [9.17, 15) is 18.8 Å². The van der Waals surface area contributed by atoms with Gasteiger partial charge in [-0.2, -0.15) is 0 Å². The number of piperazine rings is 1. The van der Waals surface area contributed by atoms with Crippen LogP contribution in [0.3, 0.4) is 0 Å². The summed E-state index contributed by atoms with van der Waals surface area (Å²) >= 11 is 0. The van der Waals surface area contributed by atoms with Crippen LogP contribution in [0, 0.1) is 5.82 Å². The summed E-state index contributed by atoms with van der Waals surface area (Å²) in [7, 11) is 0. The van der Waals surface area contributed by atoms with Crippen LogP contribution in [-0.2, 0) is 4.79 Å². The van der Waals surface area contributed by atoms with Crippen LogP contribution in [0.1, 0.15) is 27.3 Å². The Morgan fingerprint density at radius 3 is 2.30 bits per heavy atom. The van der Waals surface area contributed by atoms with Crippen molar-refractivity contribution in [3.8, 4) is 0 Å². The topological polar surface area (TPSA) is 85.5 Å². The summed E-state index contributed by atoms with van der Waals surface area (Å²) in [5.41, 5.74) is 0.888. The number of carbonyl (C=O) groups is 3. The number of benzene rings is 1. The minimum atomic E-state index is -0.407. The minimum absolute atomic E-state index is 0.0682. The van der Waals surface area contributed by atoms with Crippen molar-refractivity contribution in [1.29, 1.82) is 0 Å². The summed E-state index contributed by atoms with van der Waals surface area (Å²) < 4.78 is 12.9. The zero-order valence-corrected chi connectivity index (χ0v) is 14.8. The third-order valence-electron chi connectivity index (χ3n) is 4.48. The molecule has 0 bridgehead atoms. The number of hydrogen-bond donors (Lipinski definition) is 2. The van der Waals surface area contributed by atoms with Crippen LogP contribution in [0.25, 0.3) is 0 Å². The maximum atomic E-state index is 12.9. The molecule has 1 aromatic heterocycles. The molecule has 27 heavy (non-hydrogen) atoms. The lowest BCUT2D eigenvalue weighted by Crippen LogP contribution is -2.51. The zero-order valence-electron chi connectivity index (χ0n) is 14.8. The summed E-state index contributed by atoms with van der Waals surface area (Å²) in [6.45, 7) is 2.10. The van der Waals surface area contributed by atoms with Gasteiger partial charge in [0, 0.05) is 50.9 Å². The Bertz CT molecular complexity index is 797. The number of amides is 3. The summed E-state index contributed by atoms with van der Waals surface area (Å²) in [6.07, 6.45) is 1.88. The molecule has 2 N–H and O–H groups in total. The van der Waals surface area contributed by atoms with E-state index >= 15 is 0 Å². The molecule has 0 radical (unpaired) electrons. The second-order valence-electron chi connectivity index (χ2n) is 6.27. The van der Waals surface area contributed by atoms with E-state index in [1.165, 1.54) is 24.3 Å². The van der Waals surface area contributed by atoms with Crippen molar-refractivity contribution < 1.29 is 18.8 Å². The Kier molecular flexibility index (Phi) is 5.85. The second-order valence-corrected chi connectivity index (χ2v) is 6.27. The third kappa shape index (κ3) is 4.72. The lowest BCUT2D eigenvalue weighted by Gasteiger charge is -2.34. The second kappa shape index (κ2) is 8.48. The van der Waals surface area contributed by atoms with Crippen molar-refractivity contribution in [3.63, 3.8) is 0 Å². The van der Waals surface area contributed by atoms with Crippen LogP contribution in [0.4, 0.5) is 4.39 Å². The van der Waals surface area contributed by atoms with E-state index in [0.29, 0.717) is 37.4 Å². The SMILES string of the molecule is O=C(NCCC(=O)N1CCN(C(=O)c2ccc[nH]2)CC1)c1ccc(F)cc1. The molecule has 3 amide bonds. The Labute approximate surface area is 156 Å². The molecule has 1 aromatic carbocycles. The molecule has 142 valence electrons. The predicted octanol–water partition coefficient (Wildman–Crippen LogP) is 1.26. The molecular weight excluding hydrogens is 351 g/mol. The van der Waals surface area contributed by atoms with Crippen molar-refractivity contribution in [2.24, 2.45) is 0 Å². The van der Waals surface area contributed by atoms with Crippen molar-refractivity contribution in [1.82, 2.24) is 20.1 Å². The van der Waals surface area contributed by atoms with Gasteiger partial charge in [-0.05, 0) is 36.4 Å². The van der Waals surface area contributed by atoms with Crippen molar-refractivity contribution in [2.45, 2.75) is 6.42 Å². The molecule has 1 aliphatic rings. The molecule has 8 heteroatoms. The highest BCUT2D eigenvalue weighted by Gasteiger charge is 2.25. The fourth-order valence-corrected chi connectivity index (χ4v) is 2.94. The highest BCUT2D eigenvalue weighted by Crippen LogP contribution is 2.08. The number of halogens is 1. The molecule has 7 nitrogen and oxygen atoms in total. The van der Waals surface area contributed by atoms with Gasteiger partial charge in [-0.25, -0.2) is 4.39 Å². The van der Waals surface area contributed by atoms with Gasteiger partial charge in [-0.15, -0.1) is 0 Å². The van der Waals surface area contributed by atoms with E-state index in [1.807, 2.05) is 0 Å². The van der Waals surface area contributed by atoms with Gasteiger partial charge in [0.2, 0.25) is 5.91 Å². The van der Waals surface area contributed by atoms with Crippen LogP contribution < -0.4 is 5.32 Å². The summed E-state index contributed by atoms with van der Waals surface area (Å²) in [6, 6.07) is 8.72. The highest BCUT2D eigenvalue weighted by molar-refractivity contribution is 5.94. The maximum Gasteiger partial charge on any atom is 0.270 e. The van der Waals surface area contributed by atoms with Crippen LogP contribution >= 0.6 is 0 Å². The number of aromatic amines is 1. The first kappa shape index (κ1) is 18.6. The van der Waals surface area contributed by atoms with E-state index in [4.69, 9.17) is 0 Å². The molecule has 0 spiro atoms. The first-order valence-electron chi connectivity index (χ1n) is 8.79. The number of aromatic nitrogens is 1. The van der Waals surface area contributed by atoms with Gasteiger partial charge in [0.05, 0.1) is 0 Å². The molecule has 0 aliphatic carbocycles. The Morgan fingerprint density at radius 2 is 1.67 bits per heavy atom. The molecular formula is C19H21FN4O3. The van der Waals surface area contributed by atoms with Gasteiger partial charge in [0.25, 0.3) is 11.8 Å². The van der Waals surface area contributed by atoms with E-state index in [1.54, 1.807) is 28.1 Å². The molecule has 1 saturated heterocycles. The summed E-state index contributed by atoms with van der Waals surface area (Å²) in [5, 5.41) is 2.66. The fraction of sp³-hybridized carbons (Fsp3) is 0.316. The number of nitrogens with zero attached hydrogens (tertiary/aromatic N) is 2. The van der Waals surface area contributed by atoms with Gasteiger partial charge in [-0.1, -0.05) is 0 Å². The molecule has 1 fully saturated rings. The lowest BCUT2D eigenvalue weighted by atomic mass is 10.2.